The van der Waals surface area contributed by atoms with Crippen molar-refractivity contribution in [3.05, 3.63) is 95.9 Å². The first-order valence-corrected chi connectivity index (χ1v) is 10.1. The molecule has 1 aromatic heterocycles. The van der Waals surface area contributed by atoms with Gasteiger partial charge in [-0.2, -0.15) is 0 Å². The number of halogens is 1. The number of ether oxygens (including phenoxy) is 2. The van der Waals surface area contributed by atoms with Crippen molar-refractivity contribution in [2.24, 2.45) is 0 Å². The van der Waals surface area contributed by atoms with Crippen LogP contribution in [0.1, 0.15) is 20.7 Å². The van der Waals surface area contributed by atoms with Crippen molar-refractivity contribution in [1.82, 2.24) is 4.98 Å². The van der Waals surface area contributed by atoms with Crippen molar-refractivity contribution in [2.45, 2.75) is 0 Å². The molecule has 7 nitrogen and oxygen atoms in total. The molecule has 4 aromatic rings. The molecule has 0 aliphatic carbocycles. The lowest BCUT2D eigenvalue weighted by atomic mass is 10.1. The lowest BCUT2D eigenvalue weighted by Gasteiger charge is -2.11. The minimum absolute atomic E-state index is 0.0228. The lowest BCUT2D eigenvalue weighted by molar-refractivity contribution is -0.118. The lowest BCUT2D eigenvalue weighted by Crippen LogP contribution is -2.22. The van der Waals surface area contributed by atoms with Crippen LogP contribution in [0.3, 0.4) is 0 Å². The van der Waals surface area contributed by atoms with Crippen LogP contribution in [0.15, 0.2) is 79.0 Å². The standard InChI is InChI=1S/C25H19FN2O5/c26-19-9-3-5-11-21(19)28-24(30)15-32-23-12-6-2-8-17(23)25(31)33-14-22(29)18-13-27-20-10-4-1-7-16(18)20/h1-13,27H,14-15H2,(H,28,30). The molecule has 0 atom stereocenters. The molecule has 8 heteroatoms. The second-order valence-corrected chi connectivity index (χ2v) is 7.06. The first-order chi connectivity index (χ1) is 16.0. The summed E-state index contributed by atoms with van der Waals surface area (Å²) < 4.78 is 24.3. The first kappa shape index (κ1) is 21.8. The molecule has 0 fully saturated rings. The van der Waals surface area contributed by atoms with Gasteiger partial charge >= 0.3 is 5.97 Å². The summed E-state index contributed by atoms with van der Waals surface area (Å²) in [5.41, 5.74) is 1.31. The number of H-pyrrole nitrogens is 1. The second kappa shape index (κ2) is 9.78. The van der Waals surface area contributed by atoms with Crippen LogP contribution >= 0.6 is 0 Å². The van der Waals surface area contributed by atoms with Crippen LogP contribution < -0.4 is 10.1 Å². The molecule has 0 bridgehead atoms. The van der Waals surface area contributed by atoms with Gasteiger partial charge in [-0.3, -0.25) is 9.59 Å². The van der Waals surface area contributed by atoms with Gasteiger partial charge in [-0.05, 0) is 30.3 Å². The molecule has 166 valence electrons. The zero-order chi connectivity index (χ0) is 23.2. The normalized spacial score (nSPS) is 10.6. The van der Waals surface area contributed by atoms with E-state index in [1.807, 2.05) is 18.2 Å². The van der Waals surface area contributed by atoms with Crippen molar-refractivity contribution >= 4 is 34.3 Å². The fourth-order valence-electron chi connectivity index (χ4n) is 3.24. The van der Waals surface area contributed by atoms with E-state index < -0.39 is 30.9 Å². The molecule has 0 aliphatic rings. The number of anilines is 1. The number of hydrogen-bond acceptors (Lipinski definition) is 5. The number of amides is 1. The van der Waals surface area contributed by atoms with Gasteiger partial charge < -0.3 is 19.8 Å². The van der Waals surface area contributed by atoms with Crippen molar-refractivity contribution < 1.29 is 28.2 Å². The van der Waals surface area contributed by atoms with Crippen LogP contribution in [-0.4, -0.2) is 35.9 Å². The molecular weight excluding hydrogens is 427 g/mol. The number of carbonyl (C=O) groups is 3. The number of ketones is 1. The topological polar surface area (TPSA) is 97.5 Å². The van der Waals surface area contributed by atoms with Gasteiger partial charge in [0.15, 0.2) is 13.2 Å². The number of Topliss-reactive ketones (excluding diaryl/α,β-unsaturated/α-hetero) is 1. The number of para-hydroxylation sites is 3. The van der Waals surface area contributed by atoms with Crippen molar-refractivity contribution in [3.63, 3.8) is 0 Å². The summed E-state index contributed by atoms with van der Waals surface area (Å²) in [7, 11) is 0. The number of esters is 1. The van der Waals surface area contributed by atoms with Crippen molar-refractivity contribution in [3.8, 4) is 5.75 Å². The molecule has 0 saturated carbocycles. The van der Waals surface area contributed by atoms with Crippen molar-refractivity contribution in [2.75, 3.05) is 18.5 Å². The van der Waals surface area contributed by atoms with Gasteiger partial charge in [0.2, 0.25) is 5.78 Å². The zero-order valence-corrected chi connectivity index (χ0v) is 17.3. The molecule has 0 unspecified atom stereocenters. The van der Waals surface area contributed by atoms with E-state index in [2.05, 4.69) is 10.3 Å². The van der Waals surface area contributed by atoms with Crippen LogP contribution in [0.4, 0.5) is 10.1 Å². The number of hydrogen-bond donors (Lipinski definition) is 2. The number of aromatic nitrogens is 1. The van der Waals surface area contributed by atoms with Gasteiger partial charge in [-0.1, -0.05) is 42.5 Å². The predicted octanol–water partition coefficient (Wildman–Crippen LogP) is 4.36. The summed E-state index contributed by atoms with van der Waals surface area (Å²) in [6, 6.07) is 19.2. The molecule has 33 heavy (non-hydrogen) atoms. The quantitative estimate of drug-likeness (QED) is 0.310. The number of fused-ring (bicyclic) bond motifs is 1. The van der Waals surface area contributed by atoms with Crippen LogP contribution in [0.5, 0.6) is 5.75 Å². The van der Waals surface area contributed by atoms with Crippen LogP contribution in [0.2, 0.25) is 0 Å². The third-order valence-corrected chi connectivity index (χ3v) is 4.84. The molecular formula is C25H19FN2O5. The first-order valence-electron chi connectivity index (χ1n) is 10.1. The number of benzene rings is 3. The van der Waals surface area contributed by atoms with Gasteiger partial charge in [0.05, 0.1) is 5.69 Å². The largest absolute Gasteiger partial charge is 0.483 e. The summed E-state index contributed by atoms with van der Waals surface area (Å²) in [5.74, 6) is -2.20. The van der Waals surface area contributed by atoms with Crippen molar-refractivity contribution in [1.29, 1.82) is 0 Å². The zero-order valence-electron chi connectivity index (χ0n) is 17.3. The molecule has 1 amide bonds. The third kappa shape index (κ3) is 5.07. The maximum atomic E-state index is 13.7. The Morgan fingerprint density at radius 2 is 1.58 bits per heavy atom. The Bertz CT molecular complexity index is 1330. The Balaban J connectivity index is 1.37. The highest BCUT2D eigenvalue weighted by molar-refractivity contribution is 6.09. The van der Waals surface area contributed by atoms with E-state index >= 15 is 0 Å². The monoisotopic (exact) mass is 446 g/mol. The summed E-state index contributed by atoms with van der Waals surface area (Å²) in [5, 5.41) is 3.14. The summed E-state index contributed by atoms with van der Waals surface area (Å²) >= 11 is 0. The van der Waals surface area contributed by atoms with Gasteiger partial charge in [0, 0.05) is 22.7 Å². The number of carbonyl (C=O) groups excluding carboxylic acids is 3. The molecule has 0 spiro atoms. The fourth-order valence-corrected chi connectivity index (χ4v) is 3.24. The van der Waals surface area contributed by atoms with Gasteiger partial charge in [-0.15, -0.1) is 0 Å². The minimum Gasteiger partial charge on any atom is -0.483 e. The highest BCUT2D eigenvalue weighted by Crippen LogP contribution is 2.21. The average Bonchev–Trinajstić information content (AvgIpc) is 3.27. The van der Waals surface area contributed by atoms with Gasteiger partial charge in [0.1, 0.15) is 17.1 Å². The van der Waals surface area contributed by atoms with E-state index in [1.165, 1.54) is 30.3 Å². The van der Waals surface area contributed by atoms with E-state index in [0.717, 1.165) is 10.9 Å². The number of aromatic amines is 1. The van der Waals surface area contributed by atoms with Gasteiger partial charge in [0.25, 0.3) is 5.91 Å². The van der Waals surface area contributed by atoms with Crippen LogP contribution in [0, 0.1) is 5.82 Å². The predicted molar refractivity (Wildman–Crippen MR) is 120 cm³/mol. The van der Waals surface area contributed by atoms with E-state index in [-0.39, 0.29) is 22.8 Å². The summed E-state index contributed by atoms with van der Waals surface area (Å²) in [4.78, 5) is 40.2. The average molecular weight is 446 g/mol. The minimum atomic E-state index is -0.770. The molecule has 4 rings (SSSR count). The second-order valence-electron chi connectivity index (χ2n) is 7.06. The molecule has 0 saturated heterocycles. The molecule has 1 heterocycles. The Hall–Kier alpha value is -4.46. The van der Waals surface area contributed by atoms with Crippen LogP contribution in [0.25, 0.3) is 10.9 Å². The highest BCUT2D eigenvalue weighted by atomic mass is 19.1. The SMILES string of the molecule is O=C(COc1ccccc1C(=O)OCC(=O)c1c[nH]c2ccccc12)Nc1ccccc1F. The number of nitrogens with one attached hydrogen (secondary N) is 2. The Kier molecular flexibility index (Phi) is 6.45. The Labute approximate surface area is 188 Å². The third-order valence-electron chi connectivity index (χ3n) is 4.84. The summed E-state index contributed by atoms with van der Waals surface area (Å²) in [6.45, 7) is -0.907. The van der Waals surface area contributed by atoms with Crippen LogP contribution in [-0.2, 0) is 9.53 Å². The van der Waals surface area contributed by atoms with E-state index in [0.29, 0.717) is 5.56 Å². The molecule has 2 N–H and O–H groups in total. The highest BCUT2D eigenvalue weighted by Gasteiger charge is 2.18. The van der Waals surface area contributed by atoms with E-state index in [1.54, 1.807) is 30.5 Å². The fraction of sp³-hybridized carbons (Fsp3) is 0.0800. The van der Waals surface area contributed by atoms with E-state index in [4.69, 9.17) is 9.47 Å². The maximum absolute atomic E-state index is 13.7. The number of rotatable bonds is 8. The molecule has 0 aliphatic heterocycles. The Morgan fingerprint density at radius 3 is 2.42 bits per heavy atom. The smallest absolute Gasteiger partial charge is 0.342 e. The Morgan fingerprint density at radius 1 is 0.848 bits per heavy atom. The maximum Gasteiger partial charge on any atom is 0.342 e. The van der Waals surface area contributed by atoms with E-state index in [9.17, 15) is 18.8 Å². The molecule has 0 radical (unpaired) electrons. The molecule has 3 aromatic carbocycles. The summed E-state index contributed by atoms with van der Waals surface area (Å²) in [6.07, 6.45) is 1.58. The van der Waals surface area contributed by atoms with Gasteiger partial charge in [-0.25, -0.2) is 9.18 Å².